The number of hydrogen-bond donors (Lipinski definition) is 2. The minimum atomic E-state index is -0.590. The van der Waals surface area contributed by atoms with Gasteiger partial charge < -0.3 is 11.1 Å². The molecule has 0 aliphatic carbocycles. The summed E-state index contributed by atoms with van der Waals surface area (Å²) in [5.41, 5.74) is 9.54. The molecule has 0 bridgehead atoms. The fourth-order valence-corrected chi connectivity index (χ4v) is 2.82. The van der Waals surface area contributed by atoms with Crippen LogP contribution in [0.3, 0.4) is 0 Å². The van der Waals surface area contributed by atoms with E-state index in [0.29, 0.717) is 0 Å². The van der Waals surface area contributed by atoms with Crippen molar-refractivity contribution in [3.05, 3.63) is 59.2 Å². The molecule has 8 nitrogen and oxygen atoms in total. The smallest absolute Gasteiger partial charge is 0.270 e. The average Bonchev–Trinajstić information content (AvgIpc) is 3.22. The summed E-state index contributed by atoms with van der Waals surface area (Å²) in [6.45, 7) is 7.85. The summed E-state index contributed by atoms with van der Waals surface area (Å²) in [7, 11) is 0. The number of aromatic nitrogens is 5. The van der Waals surface area contributed by atoms with E-state index in [-0.39, 0.29) is 11.7 Å². The number of aryl methyl sites for hydroxylation is 2. The highest BCUT2D eigenvalue weighted by Gasteiger charge is 2.09. The van der Waals surface area contributed by atoms with Crippen LogP contribution in [0.1, 0.15) is 40.4 Å². The maximum Gasteiger partial charge on any atom is 0.270 e. The number of nitrogens with zero attached hydrogens (tertiary/aromatic N) is 5. The highest BCUT2D eigenvalue weighted by molar-refractivity contribution is 5.90. The Labute approximate surface area is 152 Å². The Balaban J connectivity index is 1.58. The summed E-state index contributed by atoms with van der Waals surface area (Å²) in [5.74, 6) is -0.590. The minimum Gasteiger partial charge on any atom is -0.364 e. The van der Waals surface area contributed by atoms with Crippen molar-refractivity contribution in [2.75, 3.05) is 6.54 Å². The van der Waals surface area contributed by atoms with Crippen LogP contribution < -0.4 is 11.1 Å². The van der Waals surface area contributed by atoms with Gasteiger partial charge in [-0.1, -0.05) is 17.3 Å². The van der Waals surface area contributed by atoms with E-state index in [1.807, 2.05) is 35.9 Å². The van der Waals surface area contributed by atoms with Gasteiger partial charge in [-0.2, -0.15) is 5.10 Å². The van der Waals surface area contributed by atoms with Crippen LogP contribution in [0.2, 0.25) is 0 Å². The molecule has 0 saturated heterocycles. The molecule has 3 aromatic rings. The van der Waals surface area contributed by atoms with Crippen LogP contribution in [-0.4, -0.2) is 37.2 Å². The Kier molecular flexibility index (Phi) is 5.13. The van der Waals surface area contributed by atoms with Gasteiger partial charge in [0.1, 0.15) is 0 Å². The van der Waals surface area contributed by atoms with Crippen LogP contribution in [0, 0.1) is 13.8 Å². The molecular weight excluding hydrogens is 330 g/mol. The third-order valence-corrected chi connectivity index (χ3v) is 4.28. The van der Waals surface area contributed by atoms with E-state index in [4.69, 9.17) is 5.73 Å². The van der Waals surface area contributed by atoms with Gasteiger partial charge in [-0.05, 0) is 44.5 Å². The van der Waals surface area contributed by atoms with Crippen molar-refractivity contribution < 1.29 is 4.79 Å². The number of nitrogens with two attached hydrogens (primary N) is 1. The summed E-state index contributed by atoms with van der Waals surface area (Å²) in [5, 5.41) is 15.6. The first kappa shape index (κ1) is 17.8. The highest BCUT2D eigenvalue weighted by Crippen LogP contribution is 2.15. The standard InChI is InChI=1S/C18H23N7O/c1-12-10-13(2)24(22-12)9-8-20-14(3)15-4-6-16(7-5-15)25-11-17(18(19)26)21-23-25/h4-7,10-11,14,20H,8-9H2,1-3H3,(H2,19,26). The van der Waals surface area contributed by atoms with Gasteiger partial charge in [-0.3, -0.25) is 9.48 Å². The lowest BCUT2D eigenvalue weighted by atomic mass is 10.1. The lowest BCUT2D eigenvalue weighted by Gasteiger charge is -2.15. The number of primary amides is 1. The fraction of sp³-hybridized carbons (Fsp3) is 0.333. The molecule has 0 radical (unpaired) electrons. The van der Waals surface area contributed by atoms with E-state index in [9.17, 15) is 4.79 Å². The SMILES string of the molecule is Cc1cc(C)n(CCNC(C)c2ccc(-n3cc(C(N)=O)nn3)cc2)n1. The second kappa shape index (κ2) is 7.49. The first-order chi connectivity index (χ1) is 12.4. The summed E-state index contributed by atoms with van der Waals surface area (Å²) in [6, 6.07) is 10.2. The fourth-order valence-electron chi connectivity index (χ4n) is 2.82. The first-order valence-electron chi connectivity index (χ1n) is 8.51. The molecule has 0 aliphatic heterocycles. The Hall–Kier alpha value is -3.00. The van der Waals surface area contributed by atoms with Crippen molar-refractivity contribution in [3.8, 4) is 5.69 Å². The number of carbonyl (C=O) groups is 1. The largest absolute Gasteiger partial charge is 0.364 e. The summed E-state index contributed by atoms with van der Waals surface area (Å²) in [4.78, 5) is 11.1. The van der Waals surface area contributed by atoms with Crippen LogP contribution in [0.25, 0.3) is 5.69 Å². The van der Waals surface area contributed by atoms with Gasteiger partial charge in [0.15, 0.2) is 5.69 Å². The molecule has 1 amide bonds. The third-order valence-electron chi connectivity index (χ3n) is 4.28. The molecule has 2 aromatic heterocycles. The number of benzene rings is 1. The van der Waals surface area contributed by atoms with E-state index in [1.54, 1.807) is 0 Å². The van der Waals surface area contributed by atoms with Crippen molar-refractivity contribution in [2.24, 2.45) is 5.73 Å². The Morgan fingerprint density at radius 1 is 1.27 bits per heavy atom. The van der Waals surface area contributed by atoms with E-state index in [2.05, 4.69) is 40.6 Å². The zero-order valence-electron chi connectivity index (χ0n) is 15.2. The van der Waals surface area contributed by atoms with Crippen LogP contribution in [0.5, 0.6) is 0 Å². The molecule has 1 unspecified atom stereocenters. The molecule has 2 heterocycles. The summed E-state index contributed by atoms with van der Waals surface area (Å²) < 4.78 is 3.55. The molecule has 0 fully saturated rings. The molecule has 0 saturated carbocycles. The van der Waals surface area contributed by atoms with Gasteiger partial charge in [0.25, 0.3) is 5.91 Å². The Bertz CT molecular complexity index is 895. The molecule has 1 aromatic carbocycles. The molecule has 3 rings (SSSR count). The van der Waals surface area contributed by atoms with Gasteiger partial charge >= 0.3 is 0 Å². The maximum atomic E-state index is 11.1. The molecule has 0 aliphatic rings. The second-order valence-electron chi connectivity index (χ2n) is 6.33. The van der Waals surface area contributed by atoms with Gasteiger partial charge in [-0.15, -0.1) is 5.10 Å². The minimum absolute atomic E-state index is 0.147. The summed E-state index contributed by atoms with van der Waals surface area (Å²) >= 11 is 0. The van der Waals surface area contributed by atoms with Gasteiger partial charge in [0.05, 0.1) is 24.1 Å². The third kappa shape index (κ3) is 3.97. The molecule has 0 spiro atoms. The van der Waals surface area contributed by atoms with Crippen molar-refractivity contribution in [1.82, 2.24) is 30.1 Å². The number of amides is 1. The zero-order chi connectivity index (χ0) is 18.7. The maximum absolute atomic E-state index is 11.1. The topological polar surface area (TPSA) is 104 Å². The van der Waals surface area contributed by atoms with E-state index in [1.165, 1.54) is 16.6 Å². The van der Waals surface area contributed by atoms with Gasteiger partial charge in [0, 0.05) is 18.3 Å². The van der Waals surface area contributed by atoms with Crippen LogP contribution in [0.4, 0.5) is 0 Å². The lowest BCUT2D eigenvalue weighted by Crippen LogP contribution is -2.24. The Morgan fingerprint density at radius 3 is 2.58 bits per heavy atom. The Morgan fingerprint density at radius 2 is 2.00 bits per heavy atom. The number of hydrogen-bond acceptors (Lipinski definition) is 5. The van der Waals surface area contributed by atoms with Gasteiger partial charge in [0.2, 0.25) is 0 Å². The van der Waals surface area contributed by atoms with Crippen LogP contribution in [-0.2, 0) is 6.54 Å². The normalized spacial score (nSPS) is 12.3. The van der Waals surface area contributed by atoms with Crippen molar-refractivity contribution >= 4 is 5.91 Å². The van der Waals surface area contributed by atoms with Crippen molar-refractivity contribution in [1.29, 1.82) is 0 Å². The first-order valence-corrected chi connectivity index (χ1v) is 8.51. The zero-order valence-corrected chi connectivity index (χ0v) is 15.2. The van der Waals surface area contributed by atoms with Crippen molar-refractivity contribution in [2.45, 2.75) is 33.4 Å². The predicted octanol–water partition coefficient (Wildman–Crippen LogP) is 1.53. The molecule has 3 N–H and O–H groups in total. The second-order valence-corrected chi connectivity index (χ2v) is 6.33. The molecule has 136 valence electrons. The van der Waals surface area contributed by atoms with E-state index < -0.39 is 5.91 Å². The van der Waals surface area contributed by atoms with Crippen LogP contribution >= 0.6 is 0 Å². The molecule has 1 atom stereocenters. The number of rotatable bonds is 7. The number of carbonyl (C=O) groups excluding carboxylic acids is 1. The quantitative estimate of drug-likeness (QED) is 0.670. The number of nitrogens with one attached hydrogen (secondary N) is 1. The lowest BCUT2D eigenvalue weighted by molar-refractivity contribution is 0.0995. The monoisotopic (exact) mass is 353 g/mol. The van der Waals surface area contributed by atoms with Crippen LogP contribution in [0.15, 0.2) is 36.5 Å². The summed E-state index contributed by atoms with van der Waals surface area (Å²) in [6.07, 6.45) is 1.52. The average molecular weight is 353 g/mol. The molecule has 26 heavy (non-hydrogen) atoms. The highest BCUT2D eigenvalue weighted by atomic mass is 16.1. The van der Waals surface area contributed by atoms with Gasteiger partial charge in [-0.25, -0.2) is 4.68 Å². The molecular formula is C18H23N7O. The predicted molar refractivity (Wildman–Crippen MR) is 98.0 cm³/mol. The molecule has 8 heteroatoms. The van der Waals surface area contributed by atoms with E-state index >= 15 is 0 Å². The van der Waals surface area contributed by atoms with E-state index in [0.717, 1.165) is 30.0 Å². The van der Waals surface area contributed by atoms with Crippen molar-refractivity contribution in [3.63, 3.8) is 0 Å².